The molecule has 27 heavy (non-hydrogen) atoms. The number of amides is 2. The summed E-state index contributed by atoms with van der Waals surface area (Å²) in [5.74, 6) is -0.334. The van der Waals surface area contributed by atoms with Gasteiger partial charge in [-0.25, -0.2) is 0 Å². The number of aryl methyl sites for hydroxylation is 1. The van der Waals surface area contributed by atoms with E-state index in [1.54, 1.807) is 4.90 Å². The quantitative estimate of drug-likeness (QED) is 0.689. The van der Waals surface area contributed by atoms with Crippen molar-refractivity contribution in [1.82, 2.24) is 15.1 Å². The van der Waals surface area contributed by atoms with Crippen molar-refractivity contribution >= 4 is 57.3 Å². The largest absolute Gasteiger partial charge is 0.369 e. The Kier molecular flexibility index (Phi) is 6.56. The van der Waals surface area contributed by atoms with E-state index in [-0.39, 0.29) is 23.5 Å². The second-order valence-corrected chi connectivity index (χ2v) is 8.94. The number of primary amides is 1. The number of nitrogens with two attached hydrogens (primary N) is 1. The third-order valence-corrected chi connectivity index (χ3v) is 6.69. The van der Waals surface area contributed by atoms with Crippen LogP contribution in [-0.4, -0.2) is 45.8 Å². The molecule has 7 nitrogen and oxygen atoms in total. The summed E-state index contributed by atoms with van der Waals surface area (Å²) in [6.07, 6.45) is 1.55. The minimum absolute atomic E-state index is 0.0130. The molecule has 0 saturated carbocycles. The number of halogens is 1. The lowest BCUT2D eigenvalue weighted by molar-refractivity contribution is -0.132. The smallest absolute Gasteiger partial charge is 0.233 e. The average Bonchev–Trinajstić information content (AvgIpc) is 3.10. The van der Waals surface area contributed by atoms with E-state index in [1.807, 2.05) is 25.1 Å². The van der Waals surface area contributed by atoms with E-state index in [0.717, 1.165) is 24.1 Å². The van der Waals surface area contributed by atoms with Crippen LogP contribution in [-0.2, 0) is 9.59 Å². The van der Waals surface area contributed by atoms with Crippen LogP contribution in [0.15, 0.2) is 22.5 Å². The number of likely N-dealkylation sites (tertiary alicyclic amines) is 1. The number of piperidine rings is 1. The summed E-state index contributed by atoms with van der Waals surface area (Å²) < 4.78 is 0.701. The molecule has 0 radical (unpaired) electrons. The fraction of sp³-hybridized carbons (Fsp3) is 0.412. The predicted molar refractivity (Wildman–Crippen MR) is 109 cm³/mol. The first kappa shape index (κ1) is 19.9. The van der Waals surface area contributed by atoms with Gasteiger partial charge in [-0.2, -0.15) is 0 Å². The van der Waals surface area contributed by atoms with E-state index in [0.29, 0.717) is 27.6 Å². The average molecular weight is 426 g/mol. The van der Waals surface area contributed by atoms with E-state index in [2.05, 4.69) is 15.5 Å². The predicted octanol–water partition coefficient (Wildman–Crippen LogP) is 3.06. The third-order valence-electron chi connectivity index (χ3n) is 4.33. The fourth-order valence-electron chi connectivity index (χ4n) is 2.76. The molecular weight excluding hydrogens is 406 g/mol. The minimum atomic E-state index is -0.337. The van der Waals surface area contributed by atoms with Gasteiger partial charge in [0, 0.05) is 23.8 Å². The highest BCUT2D eigenvalue weighted by Gasteiger charge is 2.27. The summed E-state index contributed by atoms with van der Waals surface area (Å²) in [6.45, 7) is 3.02. The molecule has 1 fully saturated rings. The maximum Gasteiger partial charge on any atom is 0.233 e. The third kappa shape index (κ3) is 5.33. The lowest BCUT2D eigenvalue weighted by Gasteiger charge is -2.31. The molecule has 1 aromatic carbocycles. The Hall–Kier alpha value is -1.84. The van der Waals surface area contributed by atoms with E-state index in [9.17, 15) is 9.59 Å². The molecule has 0 aliphatic carbocycles. The van der Waals surface area contributed by atoms with Gasteiger partial charge in [0.15, 0.2) is 4.34 Å². The van der Waals surface area contributed by atoms with Gasteiger partial charge in [-0.3, -0.25) is 9.59 Å². The monoisotopic (exact) mass is 425 g/mol. The second-order valence-electron chi connectivity index (χ2n) is 6.33. The molecule has 3 N–H and O–H groups in total. The Morgan fingerprint density at radius 2 is 2.26 bits per heavy atom. The maximum atomic E-state index is 12.4. The van der Waals surface area contributed by atoms with Crippen molar-refractivity contribution in [3.63, 3.8) is 0 Å². The van der Waals surface area contributed by atoms with Crippen LogP contribution in [0.25, 0.3) is 0 Å². The van der Waals surface area contributed by atoms with Gasteiger partial charge in [0.25, 0.3) is 0 Å². The van der Waals surface area contributed by atoms with Crippen molar-refractivity contribution in [2.45, 2.75) is 24.1 Å². The fourth-order valence-corrected chi connectivity index (χ4v) is 4.62. The van der Waals surface area contributed by atoms with Gasteiger partial charge in [-0.15, -0.1) is 10.2 Å². The lowest BCUT2D eigenvalue weighted by Crippen LogP contribution is -2.44. The van der Waals surface area contributed by atoms with Crippen LogP contribution in [0.5, 0.6) is 0 Å². The minimum Gasteiger partial charge on any atom is -0.369 e. The van der Waals surface area contributed by atoms with Crippen molar-refractivity contribution in [2.24, 2.45) is 11.7 Å². The van der Waals surface area contributed by atoms with Gasteiger partial charge in [0.1, 0.15) is 0 Å². The van der Waals surface area contributed by atoms with E-state index in [4.69, 9.17) is 17.3 Å². The van der Waals surface area contributed by atoms with Gasteiger partial charge in [-0.1, -0.05) is 40.8 Å². The standard InChI is InChI=1S/C17H20ClN5O2S2/c1-10-4-5-12(7-13(10)18)20-16-21-22-17(27-16)26-9-14(24)23-6-2-3-11(8-23)15(19)25/h4-5,7,11H,2-3,6,8-9H2,1H3,(H2,19,25)(H,20,21). The molecule has 2 heterocycles. The van der Waals surface area contributed by atoms with Crippen molar-refractivity contribution < 1.29 is 9.59 Å². The summed E-state index contributed by atoms with van der Waals surface area (Å²) in [5, 5.41) is 12.7. The van der Waals surface area contributed by atoms with Crippen LogP contribution in [0.3, 0.4) is 0 Å². The van der Waals surface area contributed by atoms with Gasteiger partial charge in [0.2, 0.25) is 16.9 Å². The van der Waals surface area contributed by atoms with Crippen LogP contribution in [0.2, 0.25) is 5.02 Å². The molecule has 2 amide bonds. The molecule has 1 unspecified atom stereocenters. The van der Waals surface area contributed by atoms with Crippen molar-refractivity contribution in [1.29, 1.82) is 0 Å². The molecule has 1 saturated heterocycles. The zero-order valence-corrected chi connectivity index (χ0v) is 17.2. The van der Waals surface area contributed by atoms with E-state index in [1.165, 1.54) is 23.1 Å². The van der Waals surface area contributed by atoms with Crippen LogP contribution in [0, 0.1) is 12.8 Å². The number of nitrogens with one attached hydrogen (secondary N) is 1. The molecule has 1 aromatic heterocycles. The first-order valence-corrected chi connectivity index (χ1v) is 10.7. The van der Waals surface area contributed by atoms with Gasteiger partial charge >= 0.3 is 0 Å². The second kappa shape index (κ2) is 8.90. The lowest BCUT2D eigenvalue weighted by atomic mass is 9.97. The number of thioether (sulfide) groups is 1. The molecule has 144 valence electrons. The SMILES string of the molecule is Cc1ccc(Nc2nnc(SCC(=O)N3CCCC(C(N)=O)C3)s2)cc1Cl. The van der Waals surface area contributed by atoms with Crippen LogP contribution in [0.4, 0.5) is 10.8 Å². The number of hydrogen-bond acceptors (Lipinski definition) is 7. The molecule has 1 atom stereocenters. The first-order valence-electron chi connectivity index (χ1n) is 8.49. The summed E-state index contributed by atoms with van der Waals surface area (Å²) in [6, 6.07) is 5.68. The van der Waals surface area contributed by atoms with Gasteiger partial charge < -0.3 is 16.0 Å². The molecule has 3 rings (SSSR count). The van der Waals surface area contributed by atoms with E-state index >= 15 is 0 Å². The number of carbonyl (C=O) groups is 2. The van der Waals surface area contributed by atoms with Crippen LogP contribution >= 0.6 is 34.7 Å². The number of hydrogen-bond donors (Lipinski definition) is 2. The molecule has 2 aromatic rings. The topological polar surface area (TPSA) is 101 Å². The highest BCUT2D eigenvalue weighted by atomic mass is 35.5. The molecule has 0 bridgehead atoms. The van der Waals surface area contributed by atoms with Gasteiger partial charge in [-0.05, 0) is 37.5 Å². The summed E-state index contributed by atoms with van der Waals surface area (Å²) in [5.41, 5.74) is 7.20. The van der Waals surface area contributed by atoms with Crippen molar-refractivity contribution in [3.8, 4) is 0 Å². The van der Waals surface area contributed by atoms with Crippen LogP contribution < -0.4 is 11.1 Å². The number of nitrogens with zero attached hydrogens (tertiary/aromatic N) is 3. The first-order chi connectivity index (χ1) is 12.9. The molecular formula is C17H20ClN5O2S2. The summed E-state index contributed by atoms with van der Waals surface area (Å²) in [4.78, 5) is 25.4. The number of carbonyl (C=O) groups excluding carboxylic acids is 2. The van der Waals surface area contributed by atoms with Crippen molar-refractivity contribution in [3.05, 3.63) is 28.8 Å². The molecule has 1 aliphatic heterocycles. The Morgan fingerprint density at radius 3 is 3.00 bits per heavy atom. The Morgan fingerprint density at radius 1 is 1.44 bits per heavy atom. The Balaban J connectivity index is 1.52. The van der Waals surface area contributed by atoms with Gasteiger partial charge in [0.05, 0.1) is 11.7 Å². The van der Waals surface area contributed by atoms with E-state index < -0.39 is 0 Å². The molecule has 1 aliphatic rings. The normalized spacial score (nSPS) is 17.0. The maximum absolute atomic E-state index is 12.4. The van der Waals surface area contributed by atoms with Crippen LogP contribution in [0.1, 0.15) is 18.4 Å². The zero-order valence-electron chi connectivity index (χ0n) is 14.8. The Bertz CT molecular complexity index is 844. The summed E-state index contributed by atoms with van der Waals surface area (Å²) >= 11 is 8.84. The number of aromatic nitrogens is 2. The number of rotatable bonds is 6. The highest BCUT2D eigenvalue weighted by Crippen LogP contribution is 2.29. The number of benzene rings is 1. The summed E-state index contributed by atoms with van der Waals surface area (Å²) in [7, 11) is 0. The highest BCUT2D eigenvalue weighted by molar-refractivity contribution is 8.01. The molecule has 10 heteroatoms. The zero-order chi connectivity index (χ0) is 19.4. The number of anilines is 2. The van der Waals surface area contributed by atoms with Crippen molar-refractivity contribution in [2.75, 3.05) is 24.2 Å². The molecule has 0 spiro atoms. The Labute approximate surface area is 170 Å².